The van der Waals surface area contributed by atoms with Crippen LogP contribution in [0.5, 0.6) is 0 Å². The van der Waals surface area contributed by atoms with Crippen LogP contribution in [0.3, 0.4) is 0 Å². The first-order valence-electron chi connectivity index (χ1n) is 3.31. The minimum atomic E-state index is -0.437. The van der Waals surface area contributed by atoms with Gasteiger partial charge in [0.2, 0.25) is 0 Å². The third-order valence-electron chi connectivity index (χ3n) is 1.83. The molecule has 1 aliphatic carbocycles. The molecule has 15 heavy (non-hydrogen) atoms. The Morgan fingerprint density at radius 2 is 0.533 bits per heavy atom. The third-order valence-corrected chi connectivity index (χ3v) is 5.86. The Balaban J connectivity index is -0.000000480. The monoisotopic (exact) mass is 445 g/mol. The molecule has 0 amide bonds. The van der Waals surface area contributed by atoms with E-state index in [0.717, 1.165) is 0 Å². The van der Waals surface area contributed by atoms with E-state index in [2.05, 4.69) is 0 Å². The van der Waals surface area contributed by atoms with Crippen molar-refractivity contribution in [2.45, 2.75) is 32.3 Å². The van der Waals surface area contributed by atoms with Gasteiger partial charge in [-0.25, -0.2) is 0 Å². The van der Waals surface area contributed by atoms with Crippen LogP contribution in [0.25, 0.3) is 0 Å². The summed E-state index contributed by atoms with van der Waals surface area (Å²) in [5, 5.41) is -2.62. The van der Waals surface area contributed by atoms with E-state index >= 15 is 0 Å². The molecule has 0 atom stereocenters. The molecule has 0 saturated heterocycles. The smallest absolute Gasteiger partial charge is 0.0693 e. The van der Waals surface area contributed by atoms with Crippen LogP contribution < -0.4 is 0 Å². The molecule has 0 bridgehead atoms. The number of alkyl halides is 6. The normalized spacial score (nSPS) is 44.4. The molecule has 0 aliphatic heterocycles. The predicted molar refractivity (Wildman–Crippen MR) is 71.8 cm³/mol. The van der Waals surface area contributed by atoms with Gasteiger partial charge < -0.3 is 5.48 Å². The molecule has 0 spiro atoms. The molecule has 0 heterocycles. The first-order chi connectivity index (χ1) is 5.46. The molecule has 0 unspecified atom stereocenters. The van der Waals surface area contributed by atoms with Gasteiger partial charge in [0.15, 0.2) is 0 Å². The van der Waals surface area contributed by atoms with Crippen LogP contribution >= 0.6 is 86.6 Å². The van der Waals surface area contributed by atoms with E-state index < -0.39 is 32.3 Å². The summed E-state index contributed by atoms with van der Waals surface area (Å²) in [7, 11) is 0. The molecule has 0 aromatic heterocycles. The van der Waals surface area contributed by atoms with E-state index in [0.29, 0.717) is 0 Å². The summed E-state index contributed by atoms with van der Waals surface area (Å²) in [6.45, 7) is 0. The van der Waals surface area contributed by atoms with Gasteiger partial charge in [-0.3, -0.25) is 0 Å². The maximum absolute atomic E-state index is 5.88. The van der Waals surface area contributed by atoms with Gasteiger partial charge in [0, 0.05) is 16.8 Å². The van der Waals surface area contributed by atoms with E-state index in [-0.39, 0.29) is 39.2 Å². The van der Waals surface area contributed by atoms with Gasteiger partial charge in [-0.2, -0.15) is 0 Å². The van der Waals surface area contributed by atoms with E-state index in [4.69, 9.17) is 69.6 Å². The molecule has 1 rings (SSSR count). The maximum atomic E-state index is 5.88. The van der Waals surface area contributed by atoms with Crippen molar-refractivity contribution in [2.75, 3.05) is 0 Å². The van der Waals surface area contributed by atoms with Crippen molar-refractivity contribution in [3.05, 3.63) is 0 Å². The average molecular weight is 449 g/mol. The molecule has 2 N–H and O–H groups in total. The van der Waals surface area contributed by atoms with Crippen molar-refractivity contribution in [3.63, 3.8) is 0 Å². The average Bonchev–Trinajstić information content (AvgIpc) is 2.08. The Morgan fingerprint density at radius 1 is 0.467 bits per heavy atom. The first-order valence-corrected chi connectivity index (χ1v) is 5.93. The zero-order valence-corrected chi connectivity index (χ0v) is 14.3. The topological polar surface area (TPSA) is 31.5 Å². The Hall–Kier alpha value is 2.69. The standard InChI is InChI=1S/C6H6Cl6.BrH.Co.H2O/c7-1-2(8)4(10)6(12)5(11)3(1)9;;;/h1-6H;1H;;1H2. The summed E-state index contributed by atoms with van der Waals surface area (Å²) in [6.07, 6.45) is 0. The summed E-state index contributed by atoms with van der Waals surface area (Å²) < 4.78 is 0. The van der Waals surface area contributed by atoms with Gasteiger partial charge in [-0.1, -0.05) is 0 Å². The molecular formula is C6H9BrCl6CoO. The summed E-state index contributed by atoms with van der Waals surface area (Å²) in [4.78, 5) is 0. The van der Waals surface area contributed by atoms with Gasteiger partial charge in [0.25, 0.3) is 0 Å². The molecule has 1 saturated carbocycles. The van der Waals surface area contributed by atoms with Crippen LogP contribution in [-0.2, 0) is 16.8 Å². The largest absolute Gasteiger partial charge is 0.412 e. The fourth-order valence-corrected chi connectivity index (χ4v) is 3.38. The van der Waals surface area contributed by atoms with E-state index in [9.17, 15) is 0 Å². The summed E-state index contributed by atoms with van der Waals surface area (Å²) >= 11 is 35.3. The van der Waals surface area contributed by atoms with E-state index in [1.807, 2.05) is 0 Å². The molecule has 9 heteroatoms. The van der Waals surface area contributed by atoms with Crippen LogP contribution in [-0.4, -0.2) is 37.7 Å². The van der Waals surface area contributed by atoms with Gasteiger partial charge in [0.1, 0.15) is 0 Å². The van der Waals surface area contributed by atoms with Crippen LogP contribution in [0, 0.1) is 0 Å². The van der Waals surface area contributed by atoms with Gasteiger partial charge in [-0.05, 0) is 0 Å². The Labute approximate surface area is 140 Å². The fourth-order valence-electron chi connectivity index (χ4n) is 1.05. The number of hydrogen-bond acceptors (Lipinski definition) is 0. The molecule has 1 fully saturated rings. The zero-order valence-electron chi connectivity index (χ0n) is 6.97. The minimum absolute atomic E-state index is 0. The second kappa shape index (κ2) is 9.59. The first kappa shape index (κ1) is 22.8. The Kier molecular flexibility index (Phi) is 14.6. The number of rotatable bonds is 0. The fraction of sp³-hybridized carbons (Fsp3) is 1.00. The van der Waals surface area contributed by atoms with Gasteiger partial charge >= 0.3 is 0 Å². The van der Waals surface area contributed by atoms with Crippen LogP contribution in [0.4, 0.5) is 0 Å². The van der Waals surface area contributed by atoms with Crippen molar-refractivity contribution in [2.24, 2.45) is 0 Å². The molecule has 0 aromatic rings. The van der Waals surface area contributed by atoms with Crippen molar-refractivity contribution < 1.29 is 22.3 Å². The van der Waals surface area contributed by atoms with Crippen LogP contribution in [0.2, 0.25) is 0 Å². The van der Waals surface area contributed by atoms with Crippen LogP contribution in [0.1, 0.15) is 0 Å². The predicted octanol–water partition coefficient (Wildman–Crippen LogP) is 3.40. The molecule has 97 valence electrons. The molecular weight excluding hydrogens is 440 g/mol. The van der Waals surface area contributed by atoms with Crippen molar-refractivity contribution in [1.82, 2.24) is 0 Å². The SMILES string of the molecule is Br.ClC1C(Cl)C(Cl)C(Cl)C(Cl)C1Cl.O.[Co]. The second-order valence-electron chi connectivity index (χ2n) is 2.67. The quantitative estimate of drug-likeness (QED) is 0.509. The zero-order chi connectivity index (χ0) is 9.46. The third kappa shape index (κ3) is 5.05. The summed E-state index contributed by atoms with van der Waals surface area (Å²) in [6, 6.07) is 0. The van der Waals surface area contributed by atoms with Crippen molar-refractivity contribution in [1.29, 1.82) is 0 Å². The van der Waals surface area contributed by atoms with Crippen molar-refractivity contribution in [3.8, 4) is 0 Å². The van der Waals surface area contributed by atoms with Gasteiger partial charge in [-0.15, -0.1) is 86.6 Å². The molecule has 1 aliphatic rings. The maximum Gasteiger partial charge on any atom is 0.0693 e. The molecule has 1 nitrogen and oxygen atoms in total. The molecule has 1 radical (unpaired) electrons. The minimum Gasteiger partial charge on any atom is -0.412 e. The van der Waals surface area contributed by atoms with Gasteiger partial charge in [0.05, 0.1) is 32.3 Å². The second-order valence-corrected chi connectivity index (χ2v) is 5.69. The Bertz CT molecular complexity index is 119. The summed E-state index contributed by atoms with van der Waals surface area (Å²) in [5.41, 5.74) is 0. The summed E-state index contributed by atoms with van der Waals surface area (Å²) in [5.74, 6) is 0. The van der Waals surface area contributed by atoms with E-state index in [1.165, 1.54) is 0 Å². The van der Waals surface area contributed by atoms with Crippen LogP contribution in [0.15, 0.2) is 0 Å². The Morgan fingerprint density at radius 3 is 0.600 bits per heavy atom. The molecule has 0 aromatic carbocycles. The van der Waals surface area contributed by atoms with E-state index in [1.54, 1.807) is 0 Å². The van der Waals surface area contributed by atoms with Crippen molar-refractivity contribution >= 4 is 86.6 Å². The number of hydrogen-bond donors (Lipinski definition) is 0. The number of halogens is 7.